The molecule has 7 nitrogen and oxygen atoms in total. The van der Waals surface area contributed by atoms with E-state index in [1.54, 1.807) is 10.9 Å². The largest absolute Gasteiger partial charge is 0.444 e. The summed E-state index contributed by atoms with van der Waals surface area (Å²) in [7, 11) is 3.91. The zero-order valence-corrected chi connectivity index (χ0v) is 13.2. The average molecular weight is 313 g/mol. The number of anilines is 1. The first-order valence-electron chi connectivity index (χ1n) is 7.18. The van der Waals surface area contributed by atoms with Gasteiger partial charge in [0.1, 0.15) is 18.2 Å². The number of hydrogen-bond acceptors (Lipinski definition) is 5. The molecule has 0 aliphatic carbocycles. The van der Waals surface area contributed by atoms with E-state index in [9.17, 15) is 4.79 Å². The van der Waals surface area contributed by atoms with Crippen LogP contribution in [-0.2, 0) is 17.9 Å². The van der Waals surface area contributed by atoms with Crippen LogP contribution >= 0.6 is 0 Å². The van der Waals surface area contributed by atoms with Gasteiger partial charge in [-0.05, 0) is 19.7 Å². The van der Waals surface area contributed by atoms with Gasteiger partial charge in [0.25, 0.3) is 0 Å². The Morgan fingerprint density at radius 3 is 2.78 bits per heavy atom. The van der Waals surface area contributed by atoms with Crippen LogP contribution in [0.2, 0.25) is 0 Å². The number of carbonyl (C=O) groups excluding carboxylic acids is 1. The van der Waals surface area contributed by atoms with Crippen LogP contribution in [0, 0.1) is 11.3 Å². The first kappa shape index (κ1) is 16.5. The maximum Gasteiger partial charge on any atom is 0.413 e. The summed E-state index contributed by atoms with van der Waals surface area (Å²) in [4.78, 5) is 13.8. The molecule has 120 valence electrons. The Balaban J connectivity index is 1.93. The van der Waals surface area contributed by atoms with Crippen LogP contribution < -0.4 is 5.32 Å². The molecule has 1 N–H and O–H groups in total. The minimum Gasteiger partial charge on any atom is -0.444 e. The number of amides is 1. The van der Waals surface area contributed by atoms with Gasteiger partial charge >= 0.3 is 6.09 Å². The molecule has 0 saturated carbocycles. The Hall–Kier alpha value is -2.85. The van der Waals surface area contributed by atoms with E-state index < -0.39 is 6.09 Å². The predicted octanol–water partition coefficient (Wildman–Crippen LogP) is 2.07. The number of carbonyl (C=O) groups is 1. The zero-order valence-electron chi connectivity index (χ0n) is 13.2. The maximum atomic E-state index is 11.8. The van der Waals surface area contributed by atoms with Crippen LogP contribution in [0.3, 0.4) is 0 Å². The predicted molar refractivity (Wildman–Crippen MR) is 85.7 cm³/mol. The van der Waals surface area contributed by atoms with Crippen LogP contribution in [0.15, 0.2) is 36.5 Å². The molecule has 0 atom stereocenters. The van der Waals surface area contributed by atoms with Crippen molar-refractivity contribution in [3.8, 4) is 6.07 Å². The SMILES string of the molecule is CN(C)CCn1cc(C#N)c(NC(=O)OCc2ccccc2)n1. The molecule has 0 fully saturated rings. The molecule has 0 unspecified atom stereocenters. The fraction of sp³-hybridized carbons (Fsp3) is 0.312. The Morgan fingerprint density at radius 1 is 1.39 bits per heavy atom. The fourth-order valence-corrected chi connectivity index (χ4v) is 1.87. The van der Waals surface area contributed by atoms with Gasteiger partial charge in [-0.25, -0.2) is 4.79 Å². The van der Waals surface area contributed by atoms with E-state index in [4.69, 9.17) is 10.00 Å². The molecule has 2 rings (SSSR count). The smallest absolute Gasteiger partial charge is 0.413 e. The number of benzene rings is 1. The number of nitrogens with one attached hydrogen (secondary N) is 1. The number of nitriles is 1. The highest BCUT2D eigenvalue weighted by atomic mass is 16.5. The van der Waals surface area contributed by atoms with E-state index >= 15 is 0 Å². The van der Waals surface area contributed by atoms with Crippen LogP contribution in [0.25, 0.3) is 0 Å². The van der Waals surface area contributed by atoms with Gasteiger partial charge < -0.3 is 9.64 Å². The number of aromatic nitrogens is 2. The van der Waals surface area contributed by atoms with E-state index in [-0.39, 0.29) is 12.4 Å². The van der Waals surface area contributed by atoms with Gasteiger partial charge in [-0.15, -0.1) is 0 Å². The topological polar surface area (TPSA) is 83.2 Å². The highest BCUT2D eigenvalue weighted by Crippen LogP contribution is 2.12. The van der Waals surface area contributed by atoms with Gasteiger partial charge in [-0.3, -0.25) is 10.00 Å². The molecule has 1 heterocycles. The molecule has 23 heavy (non-hydrogen) atoms. The minimum absolute atomic E-state index is 0.163. The lowest BCUT2D eigenvalue weighted by Gasteiger charge is -2.08. The van der Waals surface area contributed by atoms with Crippen molar-refractivity contribution >= 4 is 11.9 Å². The van der Waals surface area contributed by atoms with Crippen molar-refractivity contribution in [2.24, 2.45) is 0 Å². The van der Waals surface area contributed by atoms with E-state index in [0.29, 0.717) is 12.1 Å². The zero-order chi connectivity index (χ0) is 16.7. The van der Waals surface area contributed by atoms with Crippen LogP contribution in [-0.4, -0.2) is 41.4 Å². The summed E-state index contributed by atoms with van der Waals surface area (Å²) in [5.74, 6) is 0.212. The van der Waals surface area contributed by atoms with Gasteiger partial charge in [-0.2, -0.15) is 10.4 Å². The molecule has 2 aromatic rings. The van der Waals surface area contributed by atoms with Crippen molar-refractivity contribution in [3.63, 3.8) is 0 Å². The Morgan fingerprint density at radius 2 is 2.13 bits per heavy atom. The third kappa shape index (κ3) is 5.13. The number of nitrogens with zero attached hydrogens (tertiary/aromatic N) is 4. The van der Waals surface area contributed by atoms with Crippen molar-refractivity contribution in [1.29, 1.82) is 5.26 Å². The minimum atomic E-state index is -0.636. The molecule has 0 spiro atoms. The second-order valence-corrected chi connectivity index (χ2v) is 5.26. The van der Waals surface area contributed by atoms with Crippen molar-refractivity contribution in [1.82, 2.24) is 14.7 Å². The third-order valence-corrected chi connectivity index (χ3v) is 3.09. The monoisotopic (exact) mass is 313 g/mol. The standard InChI is InChI=1S/C16H19N5O2/c1-20(2)8-9-21-11-14(10-17)15(19-21)18-16(22)23-12-13-6-4-3-5-7-13/h3-7,11H,8-9,12H2,1-2H3,(H,18,19,22). The third-order valence-electron chi connectivity index (χ3n) is 3.09. The highest BCUT2D eigenvalue weighted by molar-refractivity contribution is 5.84. The normalized spacial score (nSPS) is 10.3. The van der Waals surface area contributed by atoms with Gasteiger partial charge in [0.2, 0.25) is 0 Å². The molecule has 0 aliphatic rings. The molecule has 0 aliphatic heterocycles. The molecule has 1 amide bonds. The summed E-state index contributed by atoms with van der Waals surface area (Å²) in [6.07, 6.45) is 0.972. The first-order chi connectivity index (χ1) is 11.1. The fourth-order valence-electron chi connectivity index (χ4n) is 1.87. The van der Waals surface area contributed by atoms with E-state index in [0.717, 1.165) is 12.1 Å². The molecule has 0 bridgehead atoms. The molecule has 0 radical (unpaired) electrons. The van der Waals surface area contributed by atoms with Crippen LogP contribution in [0.4, 0.5) is 10.6 Å². The summed E-state index contributed by atoms with van der Waals surface area (Å²) in [6, 6.07) is 11.4. The van der Waals surface area contributed by atoms with Gasteiger partial charge in [0.15, 0.2) is 5.82 Å². The molecule has 1 aromatic heterocycles. The second-order valence-electron chi connectivity index (χ2n) is 5.26. The molecular weight excluding hydrogens is 294 g/mol. The summed E-state index contributed by atoms with van der Waals surface area (Å²) < 4.78 is 6.75. The lowest BCUT2D eigenvalue weighted by Crippen LogP contribution is -2.19. The summed E-state index contributed by atoms with van der Waals surface area (Å²) in [5.41, 5.74) is 1.19. The van der Waals surface area contributed by atoms with Crippen molar-refractivity contribution in [2.45, 2.75) is 13.2 Å². The van der Waals surface area contributed by atoms with Crippen molar-refractivity contribution in [3.05, 3.63) is 47.7 Å². The Labute approximate surface area is 135 Å². The molecule has 1 aromatic carbocycles. The van der Waals surface area contributed by atoms with E-state index in [2.05, 4.69) is 10.4 Å². The van der Waals surface area contributed by atoms with Gasteiger partial charge in [0.05, 0.1) is 6.54 Å². The Bertz CT molecular complexity index is 688. The first-order valence-corrected chi connectivity index (χ1v) is 7.18. The van der Waals surface area contributed by atoms with E-state index in [1.807, 2.05) is 55.4 Å². The van der Waals surface area contributed by atoms with Gasteiger partial charge in [0, 0.05) is 12.7 Å². The summed E-state index contributed by atoms with van der Waals surface area (Å²) in [5, 5.41) is 15.8. The van der Waals surface area contributed by atoms with Crippen LogP contribution in [0.5, 0.6) is 0 Å². The van der Waals surface area contributed by atoms with Crippen LogP contribution in [0.1, 0.15) is 11.1 Å². The molecule has 0 saturated heterocycles. The number of likely N-dealkylation sites (N-methyl/N-ethyl adjacent to an activating group) is 1. The lowest BCUT2D eigenvalue weighted by atomic mass is 10.2. The number of rotatable bonds is 6. The quantitative estimate of drug-likeness (QED) is 0.882. The highest BCUT2D eigenvalue weighted by Gasteiger charge is 2.13. The van der Waals surface area contributed by atoms with Crippen molar-refractivity contribution in [2.75, 3.05) is 26.0 Å². The Kier molecular flexibility index (Phi) is 5.72. The van der Waals surface area contributed by atoms with Gasteiger partial charge in [-0.1, -0.05) is 30.3 Å². The van der Waals surface area contributed by atoms with E-state index in [1.165, 1.54) is 0 Å². The second kappa shape index (κ2) is 7.96. The average Bonchev–Trinajstić information content (AvgIpc) is 2.94. The molecular formula is C16H19N5O2. The summed E-state index contributed by atoms with van der Waals surface area (Å²) in [6.45, 7) is 1.57. The molecule has 7 heteroatoms. The number of ether oxygens (including phenoxy) is 1. The number of hydrogen-bond donors (Lipinski definition) is 1. The maximum absolute atomic E-state index is 11.8. The van der Waals surface area contributed by atoms with Crippen molar-refractivity contribution < 1.29 is 9.53 Å². The lowest BCUT2D eigenvalue weighted by molar-refractivity contribution is 0.155. The summed E-state index contributed by atoms with van der Waals surface area (Å²) >= 11 is 0.